The predicted molar refractivity (Wildman–Crippen MR) is 110 cm³/mol. The molecule has 3 rings (SSSR count). The molecule has 28 heavy (non-hydrogen) atoms. The summed E-state index contributed by atoms with van der Waals surface area (Å²) in [5.41, 5.74) is 0.916. The molecule has 1 heterocycles. The Hall–Kier alpha value is -2.54. The Balaban J connectivity index is 1.87. The third-order valence-corrected chi connectivity index (χ3v) is 6.03. The molecule has 0 saturated carbocycles. The van der Waals surface area contributed by atoms with Gasteiger partial charge < -0.3 is 10.1 Å². The summed E-state index contributed by atoms with van der Waals surface area (Å²) in [7, 11) is -3.64. The Kier molecular flexibility index (Phi) is 5.39. The molecule has 0 aliphatic carbocycles. The highest BCUT2D eigenvalue weighted by molar-refractivity contribution is 7.92. The number of benzene rings is 2. The van der Waals surface area contributed by atoms with Crippen molar-refractivity contribution in [2.45, 2.75) is 44.9 Å². The topological polar surface area (TPSA) is 75.7 Å². The van der Waals surface area contributed by atoms with Crippen LogP contribution < -0.4 is 14.4 Å². The fraction of sp³-hybridized carbons (Fsp3) is 0.381. The van der Waals surface area contributed by atoms with Gasteiger partial charge in [0.1, 0.15) is 17.4 Å². The standard InChI is InChI=1S/C21H26N2O4S/c1-15(23(28(4,25)26)16-10-6-5-7-11-16)20(24)22-18-14-21(2,3)27-19-13-9-8-12-17(18)19/h5-13,15,18H,14H2,1-4H3,(H,22,24)/t15-,18+/m1/s1. The van der Waals surface area contributed by atoms with Crippen LogP contribution in [0.4, 0.5) is 5.69 Å². The Morgan fingerprint density at radius 3 is 2.39 bits per heavy atom. The van der Waals surface area contributed by atoms with Crippen LogP contribution in [0.3, 0.4) is 0 Å². The van der Waals surface area contributed by atoms with E-state index in [1.54, 1.807) is 37.3 Å². The van der Waals surface area contributed by atoms with Crippen molar-refractivity contribution in [2.24, 2.45) is 0 Å². The van der Waals surface area contributed by atoms with E-state index in [1.165, 1.54) is 0 Å². The minimum absolute atomic E-state index is 0.257. The zero-order chi connectivity index (χ0) is 20.5. The van der Waals surface area contributed by atoms with Gasteiger partial charge in [-0.05, 0) is 39.0 Å². The van der Waals surface area contributed by atoms with Crippen molar-refractivity contribution in [3.8, 4) is 5.75 Å². The van der Waals surface area contributed by atoms with Gasteiger partial charge in [-0.2, -0.15) is 0 Å². The molecule has 0 aromatic heterocycles. The molecule has 0 spiro atoms. The predicted octanol–water partition coefficient (Wildman–Crippen LogP) is 3.26. The first-order valence-electron chi connectivity index (χ1n) is 9.21. The molecule has 150 valence electrons. The molecule has 2 aromatic rings. The molecule has 1 amide bonds. The maximum Gasteiger partial charge on any atom is 0.244 e. The highest BCUT2D eigenvalue weighted by Crippen LogP contribution is 2.39. The fourth-order valence-corrected chi connectivity index (χ4v) is 4.78. The molecule has 0 bridgehead atoms. The number of carbonyl (C=O) groups excluding carboxylic acids is 1. The lowest BCUT2D eigenvalue weighted by atomic mass is 9.89. The van der Waals surface area contributed by atoms with E-state index >= 15 is 0 Å². The van der Waals surface area contributed by atoms with E-state index in [-0.39, 0.29) is 11.9 Å². The second-order valence-corrected chi connectivity index (χ2v) is 9.59. The monoisotopic (exact) mass is 402 g/mol. The van der Waals surface area contributed by atoms with Crippen molar-refractivity contribution in [3.05, 3.63) is 60.2 Å². The summed E-state index contributed by atoms with van der Waals surface area (Å²) >= 11 is 0. The maximum atomic E-state index is 13.0. The summed E-state index contributed by atoms with van der Waals surface area (Å²) in [6, 6.07) is 15.1. The average Bonchev–Trinajstić information content (AvgIpc) is 2.60. The van der Waals surface area contributed by atoms with E-state index in [4.69, 9.17) is 4.74 Å². The third-order valence-electron chi connectivity index (χ3n) is 4.79. The Morgan fingerprint density at radius 1 is 1.14 bits per heavy atom. The zero-order valence-electron chi connectivity index (χ0n) is 16.5. The highest BCUT2D eigenvalue weighted by Gasteiger charge is 2.36. The van der Waals surface area contributed by atoms with Gasteiger partial charge in [0, 0.05) is 12.0 Å². The number of carbonyl (C=O) groups is 1. The number of amides is 1. The number of rotatable bonds is 5. The summed E-state index contributed by atoms with van der Waals surface area (Å²) in [6.07, 6.45) is 1.70. The first-order chi connectivity index (χ1) is 13.1. The van der Waals surface area contributed by atoms with Crippen molar-refractivity contribution >= 4 is 21.6 Å². The molecule has 2 atom stereocenters. The highest BCUT2D eigenvalue weighted by atomic mass is 32.2. The molecule has 0 unspecified atom stereocenters. The molecular formula is C21H26N2O4S. The van der Waals surface area contributed by atoms with Crippen molar-refractivity contribution < 1.29 is 17.9 Å². The molecule has 6 nitrogen and oxygen atoms in total. The van der Waals surface area contributed by atoms with Gasteiger partial charge in [-0.15, -0.1) is 0 Å². The number of hydrogen-bond acceptors (Lipinski definition) is 4. The molecule has 1 aliphatic rings. The van der Waals surface area contributed by atoms with Crippen LogP contribution in [0.25, 0.3) is 0 Å². The van der Waals surface area contributed by atoms with E-state index in [2.05, 4.69) is 5.32 Å². The smallest absolute Gasteiger partial charge is 0.244 e. The molecule has 7 heteroatoms. The molecule has 0 fully saturated rings. The number of ether oxygens (including phenoxy) is 1. The molecule has 0 radical (unpaired) electrons. The van der Waals surface area contributed by atoms with E-state index in [0.717, 1.165) is 21.9 Å². The summed E-state index contributed by atoms with van der Waals surface area (Å²) in [5.74, 6) is 0.381. The number of hydrogen-bond donors (Lipinski definition) is 1. The van der Waals surface area contributed by atoms with E-state index in [9.17, 15) is 13.2 Å². The lowest BCUT2D eigenvalue weighted by molar-refractivity contribution is -0.123. The van der Waals surface area contributed by atoms with Crippen LogP contribution in [0.2, 0.25) is 0 Å². The second-order valence-electron chi connectivity index (χ2n) is 7.74. The minimum Gasteiger partial charge on any atom is -0.487 e. The Morgan fingerprint density at radius 2 is 1.75 bits per heavy atom. The van der Waals surface area contributed by atoms with Crippen LogP contribution in [-0.2, 0) is 14.8 Å². The van der Waals surface area contributed by atoms with Crippen LogP contribution >= 0.6 is 0 Å². The van der Waals surface area contributed by atoms with Crippen molar-refractivity contribution in [1.82, 2.24) is 5.32 Å². The molecule has 1 N–H and O–H groups in total. The first kappa shape index (κ1) is 20.2. The van der Waals surface area contributed by atoms with Crippen LogP contribution in [0.1, 0.15) is 38.8 Å². The van der Waals surface area contributed by atoms with Gasteiger partial charge >= 0.3 is 0 Å². The van der Waals surface area contributed by atoms with Gasteiger partial charge in [0.15, 0.2) is 0 Å². The molecule has 0 saturated heterocycles. The minimum atomic E-state index is -3.64. The quantitative estimate of drug-likeness (QED) is 0.833. The number of nitrogens with one attached hydrogen (secondary N) is 1. The van der Waals surface area contributed by atoms with E-state index in [0.29, 0.717) is 12.1 Å². The van der Waals surface area contributed by atoms with Crippen molar-refractivity contribution in [1.29, 1.82) is 0 Å². The van der Waals surface area contributed by atoms with Gasteiger partial charge in [0.2, 0.25) is 15.9 Å². The van der Waals surface area contributed by atoms with Crippen LogP contribution in [0.15, 0.2) is 54.6 Å². The number of nitrogens with zero attached hydrogens (tertiary/aromatic N) is 1. The summed E-state index contributed by atoms with van der Waals surface area (Å²) in [5, 5.41) is 3.03. The average molecular weight is 403 g/mol. The largest absolute Gasteiger partial charge is 0.487 e. The van der Waals surface area contributed by atoms with E-state index in [1.807, 2.05) is 38.1 Å². The van der Waals surface area contributed by atoms with E-state index < -0.39 is 21.7 Å². The van der Waals surface area contributed by atoms with Gasteiger partial charge in [0.05, 0.1) is 18.0 Å². The zero-order valence-corrected chi connectivity index (χ0v) is 17.4. The summed E-state index contributed by atoms with van der Waals surface area (Å²) in [4.78, 5) is 13.0. The van der Waals surface area contributed by atoms with Gasteiger partial charge in [-0.25, -0.2) is 8.42 Å². The molecule has 1 aliphatic heterocycles. The number of sulfonamides is 1. The van der Waals surface area contributed by atoms with Crippen LogP contribution in [0.5, 0.6) is 5.75 Å². The van der Waals surface area contributed by atoms with Crippen molar-refractivity contribution in [3.63, 3.8) is 0 Å². The SMILES string of the molecule is C[C@H](C(=O)N[C@H]1CC(C)(C)Oc2ccccc21)N(c1ccccc1)S(C)(=O)=O. The van der Waals surface area contributed by atoms with Gasteiger partial charge in [-0.3, -0.25) is 9.10 Å². The number of anilines is 1. The lowest BCUT2D eigenvalue weighted by Gasteiger charge is -2.38. The van der Waals surface area contributed by atoms with Crippen molar-refractivity contribution in [2.75, 3.05) is 10.6 Å². The molecule has 2 aromatic carbocycles. The number of para-hydroxylation sites is 2. The Labute approximate surface area is 166 Å². The normalized spacial score (nSPS) is 19.1. The third kappa shape index (κ3) is 4.30. The summed E-state index contributed by atoms with van der Waals surface area (Å²) in [6.45, 7) is 5.54. The van der Waals surface area contributed by atoms with Gasteiger partial charge in [0.25, 0.3) is 0 Å². The lowest BCUT2D eigenvalue weighted by Crippen LogP contribution is -2.50. The molecular weight excluding hydrogens is 376 g/mol. The maximum absolute atomic E-state index is 13.0. The Bertz CT molecular complexity index is 957. The second kappa shape index (κ2) is 7.47. The summed E-state index contributed by atoms with van der Waals surface area (Å²) < 4.78 is 32.0. The van der Waals surface area contributed by atoms with Crippen LogP contribution in [-0.4, -0.2) is 32.2 Å². The van der Waals surface area contributed by atoms with Gasteiger partial charge in [-0.1, -0.05) is 36.4 Å². The number of fused-ring (bicyclic) bond motifs is 1. The van der Waals surface area contributed by atoms with Crippen LogP contribution in [0, 0.1) is 0 Å². The first-order valence-corrected chi connectivity index (χ1v) is 11.1. The fourth-order valence-electron chi connectivity index (χ4n) is 3.61.